The quantitative estimate of drug-likeness (QED) is 0.759. The third kappa shape index (κ3) is 3.05. The highest BCUT2D eigenvalue weighted by atomic mass is 32.1. The van der Waals surface area contributed by atoms with Gasteiger partial charge in [-0.05, 0) is 43.1 Å². The van der Waals surface area contributed by atoms with E-state index in [2.05, 4.69) is 9.69 Å². The summed E-state index contributed by atoms with van der Waals surface area (Å²) in [6.07, 6.45) is 3.64. The van der Waals surface area contributed by atoms with Crippen LogP contribution < -0.4 is 15.8 Å². The minimum absolute atomic E-state index is 0.401. The van der Waals surface area contributed by atoms with Crippen LogP contribution in [0.25, 0.3) is 0 Å². The molecule has 1 aromatic heterocycles. The Balaban J connectivity index is 1.90. The van der Waals surface area contributed by atoms with Gasteiger partial charge in [-0.25, -0.2) is 0 Å². The van der Waals surface area contributed by atoms with E-state index >= 15 is 0 Å². The van der Waals surface area contributed by atoms with E-state index < -0.39 is 0 Å². The number of hydrogen-bond donors (Lipinski definition) is 2. The maximum absolute atomic E-state index is 5.78. The molecule has 102 valence electrons. The van der Waals surface area contributed by atoms with Gasteiger partial charge >= 0.3 is 0 Å². The molecular formula is C12H21N3O2S. The summed E-state index contributed by atoms with van der Waals surface area (Å²) in [4.78, 5) is 0. The summed E-state index contributed by atoms with van der Waals surface area (Å²) in [7, 11) is 1.75. The summed E-state index contributed by atoms with van der Waals surface area (Å²) in [6.45, 7) is 4.32. The maximum atomic E-state index is 5.78. The summed E-state index contributed by atoms with van der Waals surface area (Å²) in [6, 6.07) is 0. The van der Waals surface area contributed by atoms with E-state index in [1.807, 2.05) is 6.92 Å². The third-order valence-corrected chi connectivity index (χ3v) is 4.18. The highest BCUT2D eigenvalue weighted by molar-refractivity contribution is 7.11. The molecule has 1 aliphatic rings. The van der Waals surface area contributed by atoms with Crippen molar-refractivity contribution in [3.8, 4) is 5.75 Å². The molecule has 1 aliphatic carbocycles. The molecular weight excluding hydrogens is 250 g/mol. The van der Waals surface area contributed by atoms with Gasteiger partial charge in [0.05, 0.1) is 6.61 Å². The molecule has 1 saturated carbocycles. The average molecular weight is 271 g/mol. The second-order valence-corrected chi connectivity index (χ2v) is 5.53. The van der Waals surface area contributed by atoms with Crippen LogP contribution in [0.2, 0.25) is 0 Å². The Labute approximate surface area is 112 Å². The molecule has 6 heteroatoms. The molecule has 1 fully saturated rings. The number of ether oxygens (including phenoxy) is 2. The first-order valence-electron chi connectivity index (χ1n) is 6.31. The molecule has 1 aromatic rings. The van der Waals surface area contributed by atoms with E-state index in [4.69, 9.17) is 15.2 Å². The Kier molecular flexibility index (Phi) is 4.29. The molecule has 2 rings (SSSR count). The first kappa shape index (κ1) is 13.4. The average Bonchev–Trinajstić information content (AvgIpc) is 3.07. The topological polar surface area (TPSA) is 69.4 Å². The molecule has 0 saturated heterocycles. The number of nitrogens with zero attached hydrogens (tertiary/aromatic N) is 1. The molecule has 1 heterocycles. The van der Waals surface area contributed by atoms with Gasteiger partial charge in [-0.1, -0.05) is 0 Å². The Bertz CT molecular complexity index is 391. The number of nitrogen functional groups attached to an aromatic ring is 1. The van der Waals surface area contributed by atoms with Crippen molar-refractivity contribution in [3.05, 3.63) is 0 Å². The largest absolute Gasteiger partial charge is 0.487 e. The Morgan fingerprint density at radius 1 is 1.50 bits per heavy atom. The van der Waals surface area contributed by atoms with Crippen molar-refractivity contribution >= 4 is 22.4 Å². The van der Waals surface area contributed by atoms with Crippen LogP contribution in [0.15, 0.2) is 0 Å². The van der Waals surface area contributed by atoms with E-state index in [9.17, 15) is 0 Å². The monoisotopic (exact) mass is 271 g/mol. The minimum Gasteiger partial charge on any atom is -0.487 e. The van der Waals surface area contributed by atoms with Crippen molar-refractivity contribution in [1.29, 1.82) is 0 Å². The van der Waals surface area contributed by atoms with Gasteiger partial charge in [-0.15, -0.1) is 0 Å². The number of aromatic nitrogens is 1. The highest BCUT2D eigenvalue weighted by Gasteiger charge is 2.42. The fourth-order valence-electron chi connectivity index (χ4n) is 1.97. The second-order valence-electron chi connectivity index (χ2n) is 4.76. The van der Waals surface area contributed by atoms with Crippen molar-refractivity contribution in [2.45, 2.75) is 26.2 Å². The van der Waals surface area contributed by atoms with Crippen LogP contribution in [0, 0.1) is 5.41 Å². The van der Waals surface area contributed by atoms with Gasteiger partial charge in [0.25, 0.3) is 0 Å². The van der Waals surface area contributed by atoms with E-state index in [1.54, 1.807) is 7.11 Å². The van der Waals surface area contributed by atoms with Gasteiger partial charge in [-0.2, -0.15) is 4.37 Å². The molecule has 5 nitrogen and oxygen atoms in total. The number of hydrogen-bond acceptors (Lipinski definition) is 6. The fourth-order valence-corrected chi connectivity index (χ4v) is 2.62. The zero-order valence-corrected chi connectivity index (χ0v) is 11.8. The number of nitrogens with two attached hydrogens (primary N) is 1. The summed E-state index contributed by atoms with van der Waals surface area (Å²) >= 11 is 1.37. The lowest BCUT2D eigenvalue weighted by Gasteiger charge is -2.16. The van der Waals surface area contributed by atoms with Crippen LogP contribution in [-0.4, -0.2) is 31.2 Å². The number of nitrogens with one attached hydrogen (secondary N) is 1. The smallest absolute Gasteiger partial charge is 0.197 e. The number of rotatable bonds is 8. The lowest BCUT2D eigenvalue weighted by Crippen LogP contribution is -2.17. The van der Waals surface area contributed by atoms with Gasteiger partial charge < -0.3 is 20.5 Å². The summed E-state index contributed by atoms with van der Waals surface area (Å²) in [5.41, 5.74) is 6.18. The van der Waals surface area contributed by atoms with Crippen molar-refractivity contribution in [1.82, 2.24) is 4.37 Å². The zero-order chi connectivity index (χ0) is 13.0. The molecule has 0 aromatic carbocycles. The van der Waals surface area contributed by atoms with Crippen LogP contribution in [0.4, 0.5) is 10.8 Å². The predicted octanol–water partition coefficient (Wildman–Crippen LogP) is 2.35. The molecule has 0 radical (unpaired) electrons. The minimum atomic E-state index is 0.401. The van der Waals surface area contributed by atoms with Crippen LogP contribution in [0.5, 0.6) is 5.75 Å². The third-order valence-electron chi connectivity index (χ3n) is 3.38. The maximum Gasteiger partial charge on any atom is 0.197 e. The molecule has 18 heavy (non-hydrogen) atoms. The fraction of sp³-hybridized carbons (Fsp3) is 0.750. The Morgan fingerprint density at radius 3 is 2.89 bits per heavy atom. The van der Waals surface area contributed by atoms with Crippen molar-refractivity contribution in [2.75, 3.05) is 37.9 Å². The van der Waals surface area contributed by atoms with Crippen LogP contribution in [0.3, 0.4) is 0 Å². The first-order valence-corrected chi connectivity index (χ1v) is 7.09. The normalized spacial score (nSPS) is 16.6. The summed E-state index contributed by atoms with van der Waals surface area (Å²) < 4.78 is 14.8. The van der Waals surface area contributed by atoms with Gasteiger partial charge in [-0.3, -0.25) is 0 Å². The van der Waals surface area contributed by atoms with Crippen LogP contribution in [0.1, 0.15) is 26.2 Å². The predicted molar refractivity (Wildman–Crippen MR) is 74.3 cm³/mol. The first-order chi connectivity index (χ1) is 8.71. The molecule has 0 amide bonds. The van der Waals surface area contributed by atoms with E-state index in [1.165, 1.54) is 24.4 Å². The van der Waals surface area contributed by atoms with E-state index in [0.717, 1.165) is 24.6 Å². The van der Waals surface area contributed by atoms with Crippen LogP contribution in [-0.2, 0) is 4.74 Å². The highest BCUT2D eigenvalue weighted by Crippen LogP contribution is 2.49. The number of methoxy groups -OCH3 is 1. The lowest BCUT2D eigenvalue weighted by atomic mass is 10.0. The standard InChI is InChI=1S/C12H21N3O2S/c1-3-17-9-10(13)15-18-11(9)14-8-12(4-5-12)6-7-16-2/h14H,3-8H2,1-2H3,(H2,13,15). The van der Waals surface area contributed by atoms with Gasteiger partial charge in [0.2, 0.25) is 0 Å². The van der Waals surface area contributed by atoms with Crippen LogP contribution >= 0.6 is 11.5 Å². The number of anilines is 2. The van der Waals surface area contributed by atoms with E-state index in [-0.39, 0.29) is 0 Å². The molecule has 0 spiro atoms. The zero-order valence-electron chi connectivity index (χ0n) is 11.0. The van der Waals surface area contributed by atoms with Gasteiger partial charge in [0.15, 0.2) is 16.6 Å². The van der Waals surface area contributed by atoms with Crippen molar-refractivity contribution < 1.29 is 9.47 Å². The van der Waals surface area contributed by atoms with Gasteiger partial charge in [0.1, 0.15) is 0 Å². The molecule has 0 atom stereocenters. The van der Waals surface area contributed by atoms with E-state index in [0.29, 0.717) is 23.6 Å². The Hall–Kier alpha value is -1.01. The lowest BCUT2D eigenvalue weighted by molar-refractivity contribution is 0.175. The second kappa shape index (κ2) is 5.75. The summed E-state index contributed by atoms with van der Waals surface area (Å²) in [5, 5.41) is 4.37. The molecule has 0 bridgehead atoms. The SMILES string of the molecule is CCOc1c(N)nsc1NCC1(CCOC)CC1. The van der Waals surface area contributed by atoms with Gasteiger partial charge in [0, 0.05) is 20.3 Å². The molecule has 0 unspecified atom stereocenters. The van der Waals surface area contributed by atoms with Crippen molar-refractivity contribution in [2.24, 2.45) is 5.41 Å². The van der Waals surface area contributed by atoms with Crippen molar-refractivity contribution in [3.63, 3.8) is 0 Å². The summed E-state index contributed by atoms with van der Waals surface area (Å²) in [5.74, 6) is 1.18. The molecule has 3 N–H and O–H groups in total. The molecule has 0 aliphatic heterocycles. The Morgan fingerprint density at radius 2 is 2.28 bits per heavy atom.